The fraction of sp³-hybridized carbons (Fsp3) is 0.304. The second-order valence-corrected chi connectivity index (χ2v) is 8.05. The van der Waals surface area contributed by atoms with Crippen LogP contribution in [0.15, 0.2) is 53.7 Å². The standard InChI is InChI=1S/C23H27N5O5S/c1-4-33-19-8-6-5-7-17(19)24-20(30)14-34-23-27-26-21(28(23)2)18(13-29)25-22(31)15-9-11-16(32-3)12-10-15/h5-12,18,29H,4,13-14H2,1-3H3,(H,24,30)(H,25,31)/t18-/m0/s1. The normalized spacial score (nSPS) is 11.5. The van der Waals surface area contributed by atoms with Gasteiger partial charge in [0.1, 0.15) is 17.5 Å². The molecule has 2 aromatic carbocycles. The number of aliphatic hydroxyl groups is 1. The summed E-state index contributed by atoms with van der Waals surface area (Å²) in [5, 5.41) is 24.1. The molecule has 0 bridgehead atoms. The van der Waals surface area contributed by atoms with Crippen LogP contribution in [0.1, 0.15) is 29.1 Å². The molecule has 180 valence electrons. The summed E-state index contributed by atoms with van der Waals surface area (Å²) >= 11 is 1.19. The van der Waals surface area contributed by atoms with E-state index in [9.17, 15) is 14.7 Å². The third-order valence-electron chi connectivity index (χ3n) is 4.81. The zero-order valence-electron chi connectivity index (χ0n) is 19.1. The zero-order valence-corrected chi connectivity index (χ0v) is 20.0. The number of benzene rings is 2. The van der Waals surface area contributed by atoms with E-state index in [0.717, 1.165) is 0 Å². The Balaban J connectivity index is 1.61. The van der Waals surface area contributed by atoms with Gasteiger partial charge in [0.15, 0.2) is 11.0 Å². The number of aliphatic hydroxyl groups excluding tert-OH is 1. The van der Waals surface area contributed by atoms with E-state index in [1.165, 1.54) is 11.8 Å². The highest BCUT2D eigenvalue weighted by atomic mass is 32.2. The molecule has 0 spiro atoms. The number of thioether (sulfide) groups is 1. The van der Waals surface area contributed by atoms with Crippen molar-refractivity contribution in [2.24, 2.45) is 7.05 Å². The summed E-state index contributed by atoms with van der Waals surface area (Å²) in [6.45, 7) is 2.00. The van der Waals surface area contributed by atoms with Gasteiger partial charge >= 0.3 is 0 Å². The summed E-state index contributed by atoms with van der Waals surface area (Å²) in [5.41, 5.74) is 1.01. The Labute approximate surface area is 201 Å². The van der Waals surface area contributed by atoms with Crippen molar-refractivity contribution < 1.29 is 24.2 Å². The summed E-state index contributed by atoms with van der Waals surface area (Å²) in [7, 11) is 3.26. The number of hydrogen-bond acceptors (Lipinski definition) is 8. The minimum absolute atomic E-state index is 0.0917. The molecule has 0 saturated carbocycles. The number of para-hydroxylation sites is 2. The number of anilines is 1. The van der Waals surface area contributed by atoms with Crippen LogP contribution in [0.2, 0.25) is 0 Å². The Morgan fingerprint density at radius 1 is 1.15 bits per heavy atom. The third kappa shape index (κ3) is 6.27. The summed E-state index contributed by atoms with van der Waals surface area (Å²) in [6, 6.07) is 13.0. The predicted molar refractivity (Wildman–Crippen MR) is 128 cm³/mol. The second-order valence-electron chi connectivity index (χ2n) is 7.10. The first-order chi connectivity index (χ1) is 16.5. The summed E-state index contributed by atoms with van der Waals surface area (Å²) in [6.07, 6.45) is 0. The van der Waals surface area contributed by atoms with E-state index in [1.54, 1.807) is 55.1 Å². The van der Waals surface area contributed by atoms with Crippen LogP contribution < -0.4 is 20.1 Å². The molecule has 3 rings (SSSR count). The van der Waals surface area contributed by atoms with Gasteiger partial charge < -0.3 is 29.8 Å². The van der Waals surface area contributed by atoms with Gasteiger partial charge in [-0.25, -0.2) is 0 Å². The SMILES string of the molecule is CCOc1ccccc1NC(=O)CSc1nnc([C@H](CO)NC(=O)c2ccc(OC)cc2)n1C. The zero-order chi connectivity index (χ0) is 24.5. The fourth-order valence-electron chi connectivity index (χ4n) is 3.10. The molecular weight excluding hydrogens is 458 g/mol. The van der Waals surface area contributed by atoms with Crippen molar-refractivity contribution in [2.75, 3.05) is 31.4 Å². The van der Waals surface area contributed by atoms with Gasteiger partial charge in [0, 0.05) is 12.6 Å². The number of ether oxygens (including phenoxy) is 2. The van der Waals surface area contributed by atoms with E-state index in [4.69, 9.17) is 9.47 Å². The number of hydrogen-bond donors (Lipinski definition) is 3. The van der Waals surface area contributed by atoms with Crippen molar-refractivity contribution in [2.45, 2.75) is 18.1 Å². The lowest BCUT2D eigenvalue weighted by atomic mass is 10.2. The molecule has 2 amide bonds. The summed E-state index contributed by atoms with van der Waals surface area (Å²) in [4.78, 5) is 25.0. The molecule has 1 atom stereocenters. The molecule has 0 aliphatic carbocycles. The highest BCUT2D eigenvalue weighted by Gasteiger charge is 2.22. The molecule has 0 aliphatic heterocycles. The van der Waals surface area contributed by atoms with Crippen LogP contribution in [0.5, 0.6) is 11.5 Å². The van der Waals surface area contributed by atoms with Crippen molar-refractivity contribution in [3.8, 4) is 11.5 Å². The largest absolute Gasteiger partial charge is 0.497 e. The van der Waals surface area contributed by atoms with Crippen LogP contribution in [0, 0.1) is 0 Å². The van der Waals surface area contributed by atoms with E-state index in [-0.39, 0.29) is 24.2 Å². The number of methoxy groups -OCH3 is 1. The van der Waals surface area contributed by atoms with Gasteiger partial charge in [-0.3, -0.25) is 9.59 Å². The Hall–Kier alpha value is -3.57. The highest BCUT2D eigenvalue weighted by Crippen LogP contribution is 2.25. The predicted octanol–water partition coefficient (Wildman–Crippen LogP) is 2.42. The Bertz CT molecular complexity index is 1120. The monoisotopic (exact) mass is 485 g/mol. The summed E-state index contributed by atoms with van der Waals surface area (Å²) < 4.78 is 12.3. The average Bonchev–Trinajstić information content (AvgIpc) is 3.22. The number of nitrogens with one attached hydrogen (secondary N) is 2. The first-order valence-electron chi connectivity index (χ1n) is 10.6. The molecule has 0 radical (unpaired) electrons. The molecule has 0 unspecified atom stereocenters. The molecule has 3 aromatic rings. The molecule has 0 saturated heterocycles. The van der Waals surface area contributed by atoms with Crippen molar-refractivity contribution in [3.05, 3.63) is 59.9 Å². The van der Waals surface area contributed by atoms with Crippen LogP contribution >= 0.6 is 11.8 Å². The Morgan fingerprint density at radius 2 is 1.88 bits per heavy atom. The van der Waals surface area contributed by atoms with Gasteiger partial charge in [-0.05, 0) is 43.3 Å². The quantitative estimate of drug-likeness (QED) is 0.353. The maximum atomic E-state index is 12.6. The average molecular weight is 486 g/mol. The van der Waals surface area contributed by atoms with Crippen LogP contribution in [-0.4, -0.2) is 57.8 Å². The highest BCUT2D eigenvalue weighted by molar-refractivity contribution is 7.99. The van der Waals surface area contributed by atoms with Crippen molar-refractivity contribution in [1.82, 2.24) is 20.1 Å². The van der Waals surface area contributed by atoms with Crippen LogP contribution in [0.4, 0.5) is 5.69 Å². The lowest BCUT2D eigenvalue weighted by molar-refractivity contribution is -0.113. The summed E-state index contributed by atoms with van der Waals surface area (Å²) in [5.74, 6) is 1.10. The molecule has 1 aromatic heterocycles. The maximum absolute atomic E-state index is 12.6. The molecule has 0 fully saturated rings. The molecule has 10 nitrogen and oxygen atoms in total. The lowest BCUT2D eigenvalue weighted by Crippen LogP contribution is -2.32. The number of carbonyl (C=O) groups is 2. The molecule has 11 heteroatoms. The molecule has 1 heterocycles. The molecule has 3 N–H and O–H groups in total. The van der Waals surface area contributed by atoms with E-state index < -0.39 is 6.04 Å². The van der Waals surface area contributed by atoms with Gasteiger partial charge in [0.2, 0.25) is 5.91 Å². The Kier molecular flexibility index (Phi) is 8.88. The Morgan fingerprint density at radius 3 is 2.56 bits per heavy atom. The molecule has 0 aliphatic rings. The van der Waals surface area contributed by atoms with Crippen molar-refractivity contribution in [1.29, 1.82) is 0 Å². The van der Waals surface area contributed by atoms with Gasteiger partial charge in [-0.15, -0.1) is 10.2 Å². The fourth-order valence-corrected chi connectivity index (χ4v) is 3.82. The van der Waals surface area contributed by atoms with Gasteiger partial charge in [0.05, 0.1) is 31.8 Å². The minimum Gasteiger partial charge on any atom is -0.497 e. The van der Waals surface area contributed by atoms with Crippen LogP contribution in [-0.2, 0) is 11.8 Å². The number of rotatable bonds is 11. The molecule has 34 heavy (non-hydrogen) atoms. The van der Waals surface area contributed by atoms with Gasteiger partial charge in [-0.1, -0.05) is 23.9 Å². The maximum Gasteiger partial charge on any atom is 0.251 e. The van der Waals surface area contributed by atoms with Crippen molar-refractivity contribution >= 4 is 29.3 Å². The van der Waals surface area contributed by atoms with E-state index in [2.05, 4.69) is 20.8 Å². The third-order valence-corrected chi connectivity index (χ3v) is 5.83. The second kappa shape index (κ2) is 12.1. The minimum atomic E-state index is -0.770. The van der Waals surface area contributed by atoms with Crippen LogP contribution in [0.25, 0.3) is 0 Å². The first-order valence-corrected chi connectivity index (χ1v) is 11.5. The smallest absolute Gasteiger partial charge is 0.251 e. The number of nitrogens with zero attached hydrogens (tertiary/aromatic N) is 3. The number of carbonyl (C=O) groups excluding carboxylic acids is 2. The molecular formula is C23H27N5O5S. The first kappa shape index (κ1) is 25.1. The topological polar surface area (TPSA) is 128 Å². The lowest BCUT2D eigenvalue weighted by Gasteiger charge is -2.16. The van der Waals surface area contributed by atoms with Gasteiger partial charge in [-0.2, -0.15) is 0 Å². The van der Waals surface area contributed by atoms with Gasteiger partial charge in [0.25, 0.3) is 5.91 Å². The van der Waals surface area contributed by atoms with E-state index >= 15 is 0 Å². The van der Waals surface area contributed by atoms with Crippen molar-refractivity contribution in [3.63, 3.8) is 0 Å². The van der Waals surface area contributed by atoms with E-state index in [1.807, 2.05) is 19.1 Å². The number of amides is 2. The number of aromatic nitrogens is 3. The van der Waals surface area contributed by atoms with E-state index in [0.29, 0.717) is 40.3 Å². The van der Waals surface area contributed by atoms with Crippen LogP contribution in [0.3, 0.4) is 0 Å².